The molecular formula is C13H21N3O2. The van der Waals surface area contributed by atoms with Crippen molar-refractivity contribution in [3.63, 3.8) is 0 Å². The summed E-state index contributed by atoms with van der Waals surface area (Å²) in [6.45, 7) is 6.31. The van der Waals surface area contributed by atoms with Gasteiger partial charge in [-0.2, -0.15) is 4.98 Å². The van der Waals surface area contributed by atoms with Gasteiger partial charge in [0.25, 0.3) is 0 Å². The van der Waals surface area contributed by atoms with Crippen molar-refractivity contribution in [2.45, 2.75) is 26.3 Å². The van der Waals surface area contributed by atoms with E-state index in [2.05, 4.69) is 17.2 Å². The summed E-state index contributed by atoms with van der Waals surface area (Å²) in [6, 6.07) is 4.03. The fraction of sp³-hybridized carbons (Fsp3) is 0.615. The maximum atomic E-state index is 5.79. The van der Waals surface area contributed by atoms with Gasteiger partial charge in [0, 0.05) is 18.6 Å². The zero-order chi connectivity index (χ0) is 13.0. The Morgan fingerprint density at radius 1 is 1.61 bits per heavy atom. The van der Waals surface area contributed by atoms with Gasteiger partial charge in [-0.05, 0) is 32.4 Å². The minimum atomic E-state index is 0.332. The molecule has 1 aliphatic rings. The maximum absolute atomic E-state index is 5.79. The molecule has 5 nitrogen and oxygen atoms in total. The first-order chi connectivity index (χ1) is 8.70. The number of hydrogen-bond acceptors (Lipinski definition) is 5. The molecule has 100 valence electrons. The van der Waals surface area contributed by atoms with Gasteiger partial charge in [0.2, 0.25) is 5.88 Å². The highest BCUT2D eigenvalue weighted by atomic mass is 16.5. The highest BCUT2D eigenvalue weighted by Gasteiger charge is 2.22. The van der Waals surface area contributed by atoms with Crippen LogP contribution in [0.1, 0.15) is 20.3 Å². The second-order valence-electron chi connectivity index (χ2n) is 4.58. The molecule has 0 bridgehead atoms. The third-order valence-corrected chi connectivity index (χ3v) is 3.22. The number of rotatable bonds is 5. The van der Waals surface area contributed by atoms with Crippen LogP contribution in [0.3, 0.4) is 0 Å². The van der Waals surface area contributed by atoms with Crippen LogP contribution in [0, 0.1) is 5.92 Å². The predicted octanol–water partition coefficient (Wildman–Crippen LogP) is 1.90. The zero-order valence-corrected chi connectivity index (χ0v) is 11.0. The van der Waals surface area contributed by atoms with Gasteiger partial charge in [0.1, 0.15) is 5.82 Å². The normalized spacial score (nSPS) is 20.7. The standard InChI is InChI=1S/C13H21N3O2/c1-3-18-13-11(14)4-5-12(16-13)15-9(2)10-6-7-17-8-10/h4-5,9-10H,3,6-8,14H2,1-2H3,(H,15,16). The minimum absolute atomic E-state index is 0.332. The molecule has 2 unspecified atom stereocenters. The quantitative estimate of drug-likeness (QED) is 0.836. The topological polar surface area (TPSA) is 69.4 Å². The molecule has 0 spiro atoms. The van der Waals surface area contributed by atoms with E-state index in [1.807, 2.05) is 19.1 Å². The van der Waals surface area contributed by atoms with Crippen LogP contribution in [0.5, 0.6) is 5.88 Å². The lowest BCUT2D eigenvalue weighted by Crippen LogP contribution is -2.26. The summed E-state index contributed by atoms with van der Waals surface area (Å²) in [5, 5.41) is 3.38. The molecule has 2 atom stereocenters. The molecule has 0 aliphatic carbocycles. The van der Waals surface area contributed by atoms with Crippen molar-refractivity contribution in [1.82, 2.24) is 4.98 Å². The SMILES string of the molecule is CCOc1nc(NC(C)C2CCOC2)ccc1N. The van der Waals surface area contributed by atoms with Crippen LogP contribution in [-0.4, -0.2) is 30.8 Å². The minimum Gasteiger partial charge on any atom is -0.476 e. The van der Waals surface area contributed by atoms with Crippen LogP contribution in [0.2, 0.25) is 0 Å². The third kappa shape index (κ3) is 3.04. The predicted molar refractivity (Wildman–Crippen MR) is 71.8 cm³/mol. The van der Waals surface area contributed by atoms with E-state index >= 15 is 0 Å². The Morgan fingerprint density at radius 2 is 2.44 bits per heavy atom. The third-order valence-electron chi connectivity index (χ3n) is 3.22. The zero-order valence-electron chi connectivity index (χ0n) is 11.0. The van der Waals surface area contributed by atoms with E-state index in [1.165, 1.54) is 0 Å². The van der Waals surface area contributed by atoms with E-state index in [1.54, 1.807) is 0 Å². The molecule has 2 rings (SSSR count). The molecule has 1 saturated heterocycles. The number of aromatic nitrogens is 1. The molecule has 1 fully saturated rings. The summed E-state index contributed by atoms with van der Waals surface area (Å²) in [5.41, 5.74) is 6.36. The monoisotopic (exact) mass is 251 g/mol. The molecule has 1 aromatic rings. The van der Waals surface area contributed by atoms with Crippen LogP contribution in [0.15, 0.2) is 12.1 Å². The molecule has 0 saturated carbocycles. The van der Waals surface area contributed by atoms with Gasteiger partial charge in [-0.1, -0.05) is 0 Å². The van der Waals surface area contributed by atoms with Gasteiger partial charge in [-0.3, -0.25) is 0 Å². The average molecular weight is 251 g/mol. The first kappa shape index (κ1) is 13.0. The van der Waals surface area contributed by atoms with Gasteiger partial charge in [0.15, 0.2) is 0 Å². The first-order valence-corrected chi connectivity index (χ1v) is 6.44. The fourth-order valence-corrected chi connectivity index (χ4v) is 2.08. The number of anilines is 2. The van der Waals surface area contributed by atoms with Crippen molar-refractivity contribution in [3.8, 4) is 5.88 Å². The van der Waals surface area contributed by atoms with Crippen LogP contribution in [0.4, 0.5) is 11.5 Å². The first-order valence-electron chi connectivity index (χ1n) is 6.44. The molecule has 0 radical (unpaired) electrons. The highest BCUT2D eigenvalue weighted by molar-refractivity contribution is 5.53. The number of nitrogens with zero attached hydrogens (tertiary/aromatic N) is 1. The summed E-state index contributed by atoms with van der Waals surface area (Å²) in [7, 11) is 0. The van der Waals surface area contributed by atoms with Gasteiger partial charge < -0.3 is 20.5 Å². The largest absolute Gasteiger partial charge is 0.476 e. The van der Waals surface area contributed by atoms with E-state index in [4.69, 9.17) is 15.2 Å². The highest BCUT2D eigenvalue weighted by Crippen LogP contribution is 2.23. The van der Waals surface area contributed by atoms with Crippen LogP contribution < -0.4 is 15.8 Å². The van der Waals surface area contributed by atoms with Gasteiger partial charge in [-0.15, -0.1) is 0 Å². The lowest BCUT2D eigenvalue weighted by molar-refractivity contribution is 0.183. The Hall–Kier alpha value is -1.49. The number of nitrogens with one attached hydrogen (secondary N) is 1. The van der Waals surface area contributed by atoms with Crippen molar-refractivity contribution < 1.29 is 9.47 Å². The lowest BCUT2D eigenvalue weighted by atomic mass is 10.0. The molecule has 3 N–H and O–H groups in total. The number of nitrogens with two attached hydrogens (primary N) is 1. The molecule has 1 aliphatic heterocycles. The Kier molecular flexibility index (Phi) is 4.25. The van der Waals surface area contributed by atoms with E-state index in [0.717, 1.165) is 25.5 Å². The Labute approximate surface area is 108 Å². The summed E-state index contributed by atoms with van der Waals surface area (Å²) < 4.78 is 10.8. The Balaban J connectivity index is 2.01. The van der Waals surface area contributed by atoms with Crippen molar-refractivity contribution >= 4 is 11.5 Å². The van der Waals surface area contributed by atoms with Gasteiger partial charge in [0.05, 0.1) is 18.9 Å². The van der Waals surface area contributed by atoms with E-state index < -0.39 is 0 Å². The van der Waals surface area contributed by atoms with E-state index in [0.29, 0.717) is 30.1 Å². The van der Waals surface area contributed by atoms with Crippen LogP contribution in [0.25, 0.3) is 0 Å². The van der Waals surface area contributed by atoms with Crippen LogP contribution >= 0.6 is 0 Å². The van der Waals surface area contributed by atoms with Crippen molar-refractivity contribution in [1.29, 1.82) is 0 Å². The number of hydrogen-bond donors (Lipinski definition) is 2. The van der Waals surface area contributed by atoms with E-state index in [-0.39, 0.29) is 0 Å². The molecule has 0 aromatic carbocycles. The van der Waals surface area contributed by atoms with Crippen molar-refractivity contribution in [3.05, 3.63) is 12.1 Å². The smallest absolute Gasteiger partial charge is 0.239 e. The summed E-state index contributed by atoms with van der Waals surface area (Å²) in [5.74, 6) is 1.84. The van der Waals surface area contributed by atoms with Gasteiger partial charge in [-0.25, -0.2) is 0 Å². The number of nitrogen functional groups attached to an aromatic ring is 1. The summed E-state index contributed by atoms with van der Waals surface area (Å²) >= 11 is 0. The summed E-state index contributed by atoms with van der Waals surface area (Å²) in [6.07, 6.45) is 1.10. The van der Waals surface area contributed by atoms with Gasteiger partial charge >= 0.3 is 0 Å². The molecule has 2 heterocycles. The second-order valence-corrected chi connectivity index (χ2v) is 4.58. The van der Waals surface area contributed by atoms with Crippen LogP contribution in [-0.2, 0) is 4.74 Å². The fourth-order valence-electron chi connectivity index (χ4n) is 2.08. The number of ether oxygens (including phenoxy) is 2. The molecule has 0 amide bonds. The van der Waals surface area contributed by atoms with E-state index in [9.17, 15) is 0 Å². The maximum Gasteiger partial charge on any atom is 0.239 e. The average Bonchev–Trinajstić information content (AvgIpc) is 2.87. The Bertz CT molecular complexity index is 392. The summed E-state index contributed by atoms with van der Waals surface area (Å²) in [4.78, 5) is 4.37. The molecule has 1 aromatic heterocycles. The number of pyridine rings is 1. The molecular weight excluding hydrogens is 230 g/mol. The lowest BCUT2D eigenvalue weighted by Gasteiger charge is -2.20. The second kappa shape index (κ2) is 5.91. The Morgan fingerprint density at radius 3 is 3.11 bits per heavy atom. The van der Waals surface area contributed by atoms with Crippen molar-refractivity contribution in [2.24, 2.45) is 5.92 Å². The van der Waals surface area contributed by atoms with Crippen molar-refractivity contribution in [2.75, 3.05) is 30.9 Å². The molecule has 5 heteroatoms. The molecule has 18 heavy (non-hydrogen) atoms.